The molecule has 1 heterocycles. The molecule has 21 heavy (non-hydrogen) atoms. The molecule has 0 N–H and O–H groups in total. The van der Waals surface area contributed by atoms with E-state index in [4.69, 9.17) is 4.98 Å². The van der Waals surface area contributed by atoms with Crippen molar-refractivity contribution in [3.8, 4) is 11.1 Å². The summed E-state index contributed by atoms with van der Waals surface area (Å²) in [4.78, 5) is 4.77. The highest BCUT2D eigenvalue weighted by Gasteiger charge is 2.19. The first-order valence-electron chi connectivity index (χ1n) is 7.70. The van der Waals surface area contributed by atoms with E-state index >= 15 is 0 Å². The molecule has 1 nitrogen and oxygen atoms in total. The van der Waals surface area contributed by atoms with E-state index in [0.29, 0.717) is 0 Å². The fraction of sp³-hybridized carbons (Fsp3) is 0.450. The third-order valence-electron chi connectivity index (χ3n) is 5.43. The molecule has 2 rings (SSSR count). The predicted octanol–water partition coefficient (Wildman–Crippen LogP) is 5.52. The Morgan fingerprint density at radius 2 is 0.762 bits per heavy atom. The molecular weight excluding hydrogens is 254 g/mol. The lowest BCUT2D eigenvalue weighted by Crippen LogP contribution is -2.05. The van der Waals surface area contributed by atoms with Gasteiger partial charge in [0.15, 0.2) is 0 Å². The number of aryl methyl sites for hydroxylation is 2. The summed E-state index contributed by atoms with van der Waals surface area (Å²) in [6.07, 6.45) is 0. The van der Waals surface area contributed by atoms with Crippen LogP contribution in [0.25, 0.3) is 11.1 Å². The van der Waals surface area contributed by atoms with Crippen molar-refractivity contribution in [2.45, 2.75) is 62.3 Å². The molecule has 1 aromatic heterocycles. The van der Waals surface area contributed by atoms with Crippen LogP contribution >= 0.6 is 0 Å². The molecule has 0 aliphatic heterocycles. The van der Waals surface area contributed by atoms with Crippen LogP contribution in [0.3, 0.4) is 0 Å². The van der Waals surface area contributed by atoms with Crippen molar-refractivity contribution in [2.24, 2.45) is 0 Å². The van der Waals surface area contributed by atoms with Gasteiger partial charge in [-0.1, -0.05) is 0 Å². The molecule has 0 fully saturated rings. The lowest BCUT2D eigenvalue weighted by atomic mass is 9.83. The zero-order valence-corrected chi connectivity index (χ0v) is 14.9. The number of pyridine rings is 1. The molecule has 1 aromatic carbocycles. The molecule has 0 atom stereocenters. The SMILES string of the molecule is Cc1nc(C)c(-c2c(C)c(C)c(C)c(C)c2C)c(C)c1C. The third kappa shape index (κ3) is 2.29. The van der Waals surface area contributed by atoms with Crippen LogP contribution in [0.2, 0.25) is 0 Å². The monoisotopic (exact) mass is 281 g/mol. The maximum atomic E-state index is 4.77. The van der Waals surface area contributed by atoms with Gasteiger partial charge in [0.25, 0.3) is 0 Å². The van der Waals surface area contributed by atoms with Crippen molar-refractivity contribution in [3.63, 3.8) is 0 Å². The highest BCUT2D eigenvalue weighted by atomic mass is 14.7. The smallest absolute Gasteiger partial charge is 0.0457 e. The maximum absolute atomic E-state index is 4.77. The molecule has 112 valence electrons. The summed E-state index contributed by atoms with van der Waals surface area (Å²) in [5.74, 6) is 0. The zero-order chi connectivity index (χ0) is 16.1. The third-order valence-corrected chi connectivity index (χ3v) is 5.43. The van der Waals surface area contributed by atoms with Gasteiger partial charge in [0.2, 0.25) is 0 Å². The van der Waals surface area contributed by atoms with Crippen LogP contribution in [0, 0.1) is 62.3 Å². The van der Waals surface area contributed by atoms with Crippen molar-refractivity contribution in [1.82, 2.24) is 4.98 Å². The lowest BCUT2D eigenvalue weighted by Gasteiger charge is -2.22. The summed E-state index contributed by atoms with van der Waals surface area (Å²) >= 11 is 0. The summed E-state index contributed by atoms with van der Waals surface area (Å²) in [6, 6.07) is 0. The van der Waals surface area contributed by atoms with E-state index in [1.165, 1.54) is 50.1 Å². The molecule has 0 saturated carbocycles. The average Bonchev–Trinajstić information content (AvgIpc) is 2.44. The Bertz CT molecular complexity index is 707. The number of hydrogen-bond acceptors (Lipinski definition) is 1. The highest BCUT2D eigenvalue weighted by Crippen LogP contribution is 2.38. The van der Waals surface area contributed by atoms with E-state index in [2.05, 4.69) is 62.3 Å². The van der Waals surface area contributed by atoms with Gasteiger partial charge in [-0.15, -0.1) is 0 Å². The summed E-state index contributed by atoms with van der Waals surface area (Å²) in [5, 5.41) is 0. The van der Waals surface area contributed by atoms with Gasteiger partial charge in [-0.3, -0.25) is 4.98 Å². The molecule has 0 bridgehead atoms. The Morgan fingerprint density at radius 1 is 0.381 bits per heavy atom. The second kappa shape index (κ2) is 5.29. The van der Waals surface area contributed by atoms with Crippen molar-refractivity contribution in [2.75, 3.05) is 0 Å². The standard InChI is InChI=1S/C20H27N/c1-10-11(2)14(5)19(15(6)12(10)3)20-16(7)13(4)17(8)21-18(20)9/h1-9H3. The molecule has 2 aromatic rings. The van der Waals surface area contributed by atoms with E-state index in [1.807, 2.05) is 0 Å². The quantitative estimate of drug-likeness (QED) is 0.670. The molecule has 0 amide bonds. The molecule has 1 heteroatoms. The summed E-state index contributed by atoms with van der Waals surface area (Å²) in [6.45, 7) is 19.8. The van der Waals surface area contributed by atoms with Crippen molar-refractivity contribution < 1.29 is 0 Å². The van der Waals surface area contributed by atoms with E-state index in [0.717, 1.165) is 11.4 Å². The van der Waals surface area contributed by atoms with Crippen LogP contribution in [-0.2, 0) is 0 Å². The van der Waals surface area contributed by atoms with Gasteiger partial charge in [-0.05, 0) is 107 Å². The number of hydrogen-bond donors (Lipinski definition) is 0. The van der Waals surface area contributed by atoms with Gasteiger partial charge in [0, 0.05) is 17.0 Å². The van der Waals surface area contributed by atoms with Gasteiger partial charge in [-0.2, -0.15) is 0 Å². The Balaban J connectivity index is 2.96. The summed E-state index contributed by atoms with van der Waals surface area (Å²) in [5.41, 5.74) is 14.7. The number of nitrogens with zero attached hydrogens (tertiary/aromatic N) is 1. The number of aromatic nitrogens is 1. The molecule has 0 radical (unpaired) electrons. The van der Waals surface area contributed by atoms with Crippen molar-refractivity contribution in [1.29, 1.82) is 0 Å². The van der Waals surface area contributed by atoms with Crippen LogP contribution in [0.5, 0.6) is 0 Å². The normalized spacial score (nSPS) is 11.1. The first-order valence-corrected chi connectivity index (χ1v) is 7.70. The minimum atomic E-state index is 1.14. The predicted molar refractivity (Wildman–Crippen MR) is 92.3 cm³/mol. The van der Waals surface area contributed by atoms with Gasteiger partial charge >= 0.3 is 0 Å². The van der Waals surface area contributed by atoms with Gasteiger partial charge in [0.05, 0.1) is 0 Å². The van der Waals surface area contributed by atoms with E-state index in [1.54, 1.807) is 0 Å². The summed E-state index contributed by atoms with van der Waals surface area (Å²) in [7, 11) is 0. The Labute approximate surface area is 129 Å². The number of benzene rings is 1. The topological polar surface area (TPSA) is 12.9 Å². The molecule has 0 unspecified atom stereocenters. The van der Waals surface area contributed by atoms with E-state index in [9.17, 15) is 0 Å². The van der Waals surface area contributed by atoms with Crippen LogP contribution in [0.4, 0.5) is 0 Å². The zero-order valence-electron chi connectivity index (χ0n) is 14.9. The van der Waals surface area contributed by atoms with E-state index < -0.39 is 0 Å². The molecule has 0 aliphatic rings. The second-order valence-corrected chi connectivity index (χ2v) is 6.41. The van der Waals surface area contributed by atoms with Crippen LogP contribution in [0.1, 0.15) is 50.3 Å². The van der Waals surface area contributed by atoms with E-state index in [-0.39, 0.29) is 0 Å². The Kier molecular flexibility index (Phi) is 3.97. The van der Waals surface area contributed by atoms with Gasteiger partial charge in [0.1, 0.15) is 0 Å². The van der Waals surface area contributed by atoms with Crippen LogP contribution in [0.15, 0.2) is 0 Å². The molecule has 0 saturated heterocycles. The lowest BCUT2D eigenvalue weighted by molar-refractivity contribution is 1.06. The first-order chi connectivity index (χ1) is 9.68. The highest BCUT2D eigenvalue weighted by molar-refractivity contribution is 5.79. The Hall–Kier alpha value is -1.63. The van der Waals surface area contributed by atoms with Gasteiger partial charge in [-0.25, -0.2) is 0 Å². The Morgan fingerprint density at radius 3 is 1.24 bits per heavy atom. The maximum Gasteiger partial charge on any atom is 0.0457 e. The fourth-order valence-corrected chi connectivity index (χ4v) is 3.36. The minimum Gasteiger partial charge on any atom is -0.258 e. The number of rotatable bonds is 1. The van der Waals surface area contributed by atoms with Gasteiger partial charge < -0.3 is 0 Å². The minimum absolute atomic E-state index is 1.14. The molecular formula is C20H27N. The molecule has 0 spiro atoms. The molecule has 0 aliphatic carbocycles. The summed E-state index contributed by atoms with van der Waals surface area (Å²) < 4.78 is 0. The first kappa shape index (κ1) is 15.8. The largest absolute Gasteiger partial charge is 0.258 e. The second-order valence-electron chi connectivity index (χ2n) is 6.41. The van der Waals surface area contributed by atoms with Crippen LogP contribution < -0.4 is 0 Å². The fourth-order valence-electron chi connectivity index (χ4n) is 3.36. The average molecular weight is 281 g/mol. The van der Waals surface area contributed by atoms with Crippen molar-refractivity contribution >= 4 is 0 Å². The van der Waals surface area contributed by atoms with Crippen molar-refractivity contribution in [3.05, 3.63) is 50.3 Å². The van der Waals surface area contributed by atoms with Crippen LogP contribution in [-0.4, -0.2) is 4.98 Å².